The smallest absolute Gasteiger partial charge is 0.321 e. The van der Waals surface area contributed by atoms with E-state index < -0.39 is 11.3 Å². The van der Waals surface area contributed by atoms with E-state index in [1.165, 1.54) is 24.5 Å². The maximum absolute atomic E-state index is 12.2. The van der Waals surface area contributed by atoms with Gasteiger partial charge < -0.3 is 10.3 Å². The number of carbonyl (C=O) groups excluding carboxylic acids is 2. The van der Waals surface area contributed by atoms with Gasteiger partial charge in [-0.25, -0.2) is 19.7 Å². The van der Waals surface area contributed by atoms with E-state index in [1.807, 2.05) is 0 Å². The Morgan fingerprint density at radius 3 is 2.88 bits per heavy atom. The van der Waals surface area contributed by atoms with Crippen molar-refractivity contribution in [1.82, 2.24) is 30.6 Å². The Morgan fingerprint density at radius 2 is 2.12 bits per heavy atom. The highest BCUT2D eigenvalue weighted by Gasteiger charge is 2.21. The van der Waals surface area contributed by atoms with Gasteiger partial charge in [0.15, 0.2) is 10.8 Å². The summed E-state index contributed by atoms with van der Waals surface area (Å²) >= 11 is 1.24. The first-order valence-electron chi connectivity index (χ1n) is 8.05. The third-order valence-corrected chi connectivity index (χ3v) is 4.96. The van der Waals surface area contributed by atoms with Gasteiger partial charge in [-0.3, -0.25) is 10.1 Å². The van der Waals surface area contributed by atoms with Crippen LogP contribution in [0.4, 0.5) is 4.79 Å². The van der Waals surface area contributed by atoms with Crippen molar-refractivity contribution < 1.29 is 9.59 Å². The molecular weight excluding hydrogens is 328 g/mol. The van der Waals surface area contributed by atoms with Gasteiger partial charge >= 0.3 is 6.03 Å². The van der Waals surface area contributed by atoms with Crippen LogP contribution in [0.1, 0.15) is 39.0 Å². The number of aromatic amines is 1. The number of hydrogen-bond acceptors (Lipinski definition) is 6. The summed E-state index contributed by atoms with van der Waals surface area (Å²) in [7, 11) is 0. The second-order valence-corrected chi connectivity index (χ2v) is 7.19. The first-order valence-corrected chi connectivity index (χ1v) is 8.93. The molecule has 0 bridgehead atoms. The van der Waals surface area contributed by atoms with Crippen LogP contribution in [0, 0.1) is 0 Å². The minimum atomic E-state index is -0.462. The lowest BCUT2D eigenvalue weighted by Gasteiger charge is -2.22. The van der Waals surface area contributed by atoms with Crippen LogP contribution < -0.4 is 10.6 Å². The minimum Gasteiger partial charge on any atom is -0.335 e. The van der Waals surface area contributed by atoms with E-state index in [9.17, 15) is 9.59 Å². The summed E-state index contributed by atoms with van der Waals surface area (Å²) in [6.45, 7) is 1.73. The lowest BCUT2D eigenvalue weighted by atomic mass is 9.96. The quantitative estimate of drug-likeness (QED) is 0.728. The molecule has 0 spiro atoms. The topological polar surface area (TPSA) is 113 Å². The van der Waals surface area contributed by atoms with Crippen molar-refractivity contribution in [2.45, 2.75) is 55.5 Å². The van der Waals surface area contributed by atoms with Gasteiger partial charge in [0.05, 0.1) is 11.4 Å². The summed E-state index contributed by atoms with van der Waals surface area (Å²) in [5.41, 5.74) is 1.26. The summed E-state index contributed by atoms with van der Waals surface area (Å²) < 4.78 is 0. The van der Waals surface area contributed by atoms with E-state index in [4.69, 9.17) is 0 Å². The van der Waals surface area contributed by atoms with E-state index in [0.29, 0.717) is 16.3 Å². The van der Waals surface area contributed by atoms with Crippen LogP contribution in [-0.4, -0.2) is 43.2 Å². The highest BCUT2D eigenvalue weighted by atomic mass is 32.2. The normalized spacial score (nSPS) is 16.7. The van der Waals surface area contributed by atoms with E-state index >= 15 is 0 Å². The number of thioether (sulfide) groups is 1. The molecule has 2 heterocycles. The Hall–Kier alpha value is -2.16. The maximum Gasteiger partial charge on any atom is 0.321 e. The Morgan fingerprint density at radius 1 is 1.33 bits per heavy atom. The van der Waals surface area contributed by atoms with E-state index in [1.54, 1.807) is 13.1 Å². The zero-order chi connectivity index (χ0) is 16.9. The molecule has 3 rings (SSSR count). The van der Waals surface area contributed by atoms with E-state index in [-0.39, 0.29) is 11.9 Å². The molecule has 1 aliphatic carbocycles. The number of fused-ring (bicyclic) bond motifs is 1. The Kier molecular flexibility index (Phi) is 5.29. The van der Waals surface area contributed by atoms with Gasteiger partial charge in [-0.1, -0.05) is 31.0 Å². The lowest BCUT2D eigenvalue weighted by Crippen LogP contribution is -2.47. The number of urea groups is 1. The zero-order valence-electron chi connectivity index (χ0n) is 13.4. The van der Waals surface area contributed by atoms with Crippen LogP contribution in [0.5, 0.6) is 0 Å². The van der Waals surface area contributed by atoms with Crippen molar-refractivity contribution in [3.63, 3.8) is 0 Å². The van der Waals surface area contributed by atoms with E-state index in [2.05, 4.69) is 30.6 Å². The standard InChI is InChI=1S/C15H20N6O2S/c1-9(24-15-19-11-7-16-8-17-12(11)20-15)13(22)21-14(23)18-10-5-3-2-4-6-10/h7-10H,2-6H2,1H3,(H,16,17,19,20)(H2,18,21,22,23)/t9-/m1/s1. The maximum atomic E-state index is 12.2. The average molecular weight is 348 g/mol. The molecule has 128 valence electrons. The lowest BCUT2D eigenvalue weighted by molar-refractivity contribution is -0.119. The first kappa shape index (κ1) is 16.7. The SMILES string of the molecule is C[C@@H](Sc1nc2ncncc2[nH]1)C(=O)NC(=O)NC1CCCCC1. The summed E-state index contributed by atoms with van der Waals surface area (Å²) in [6, 6.07) is -0.252. The molecule has 0 aliphatic heterocycles. The van der Waals surface area contributed by atoms with Gasteiger partial charge in [0, 0.05) is 6.04 Å². The predicted octanol–water partition coefficient (Wildman–Crippen LogP) is 1.99. The van der Waals surface area contributed by atoms with Crippen LogP contribution in [0.2, 0.25) is 0 Å². The molecule has 1 saturated carbocycles. The fraction of sp³-hybridized carbons (Fsp3) is 0.533. The van der Waals surface area contributed by atoms with Crippen LogP contribution in [-0.2, 0) is 4.79 Å². The summed E-state index contributed by atoms with van der Waals surface area (Å²) in [6.07, 6.45) is 8.47. The number of amides is 3. The fourth-order valence-corrected chi connectivity index (χ4v) is 3.51. The van der Waals surface area contributed by atoms with Crippen molar-refractivity contribution in [2.75, 3.05) is 0 Å². The van der Waals surface area contributed by atoms with Crippen molar-refractivity contribution in [2.24, 2.45) is 0 Å². The molecule has 2 aromatic heterocycles. The monoisotopic (exact) mass is 348 g/mol. The minimum absolute atomic E-state index is 0.170. The first-order chi connectivity index (χ1) is 11.6. The number of nitrogens with one attached hydrogen (secondary N) is 3. The van der Waals surface area contributed by atoms with Gasteiger partial charge in [-0.15, -0.1) is 0 Å². The van der Waals surface area contributed by atoms with Gasteiger partial charge in [-0.2, -0.15) is 0 Å². The molecule has 1 aliphatic rings. The number of rotatable bonds is 4. The molecule has 0 radical (unpaired) electrons. The average Bonchev–Trinajstić information content (AvgIpc) is 2.97. The molecular formula is C15H20N6O2S. The molecule has 0 saturated heterocycles. The third kappa shape index (κ3) is 4.22. The molecule has 9 heteroatoms. The number of nitrogens with zero attached hydrogens (tertiary/aromatic N) is 3. The molecule has 1 fully saturated rings. The molecule has 1 atom stereocenters. The highest BCUT2D eigenvalue weighted by Crippen LogP contribution is 2.22. The van der Waals surface area contributed by atoms with Crippen molar-refractivity contribution in [3.05, 3.63) is 12.5 Å². The number of hydrogen-bond donors (Lipinski definition) is 3. The summed E-state index contributed by atoms with van der Waals surface area (Å²) in [5.74, 6) is -0.347. The summed E-state index contributed by atoms with van der Waals surface area (Å²) in [5, 5.41) is 5.38. The van der Waals surface area contributed by atoms with Crippen LogP contribution >= 0.6 is 11.8 Å². The van der Waals surface area contributed by atoms with Crippen LogP contribution in [0.3, 0.4) is 0 Å². The molecule has 0 unspecified atom stereocenters. The Labute approximate surface area is 143 Å². The molecule has 0 aromatic carbocycles. The largest absolute Gasteiger partial charge is 0.335 e. The fourth-order valence-electron chi connectivity index (χ4n) is 2.70. The number of aromatic nitrogens is 4. The van der Waals surface area contributed by atoms with Gasteiger partial charge in [-0.05, 0) is 19.8 Å². The third-order valence-electron chi connectivity index (χ3n) is 3.98. The molecule has 3 amide bonds. The van der Waals surface area contributed by atoms with Crippen molar-refractivity contribution >= 4 is 34.9 Å². The number of imide groups is 1. The number of H-pyrrole nitrogens is 1. The zero-order valence-corrected chi connectivity index (χ0v) is 14.2. The molecule has 8 nitrogen and oxygen atoms in total. The van der Waals surface area contributed by atoms with Gasteiger partial charge in [0.2, 0.25) is 5.91 Å². The molecule has 3 N–H and O–H groups in total. The second-order valence-electron chi connectivity index (χ2n) is 5.86. The van der Waals surface area contributed by atoms with Crippen LogP contribution in [0.15, 0.2) is 17.7 Å². The molecule has 24 heavy (non-hydrogen) atoms. The van der Waals surface area contributed by atoms with Crippen molar-refractivity contribution in [1.29, 1.82) is 0 Å². The Balaban J connectivity index is 1.51. The van der Waals surface area contributed by atoms with Gasteiger partial charge in [0.1, 0.15) is 11.8 Å². The number of carbonyl (C=O) groups is 2. The summed E-state index contributed by atoms with van der Waals surface area (Å²) in [4.78, 5) is 39.4. The van der Waals surface area contributed by atoms with E-state index in [0.717, 1.165) is 25.7 Å². The molecule has 2 aromatic rings. The Bertz CT molecular complexity index is 695. The van der Waals surface area contributed by atoms with Gasteiger partial charge in [0.25, 0.3) is 0 Å². The number of imidazole rings is 1. The predicted molar refractivity (Wildman–Crippen MR) is 90.6 cm³/mol. The van der Waals surface area contributed by atoms with Crippen molar-refractivity contribution in [3.8, 4) is 0 Å². The van der Waals surface area contributed by atoms with Crippen LogP contribution in [0.25, 0.3) is 11.2 Å². The highest BCUT2D eigenvalue weighted by molar-refractivity contribution is 8.00. The second kappa shape index (κ2) is 7.61.